The Hall–Kier alpha value is -3.02. The lowest BCUT2D eigenvalue weighted by Crippen LogP contribution is -2.06. The fourth-order valence-corrected chi connectivity index (χ4v) is 2.17. The van der Waals surface area contributed by atoms with Crippen molar-refractivity contribution in [2.75, 3.05) is 11.9 Å². The first-order chi connectivity index (χ1) is 11.7. The number of anilines is 1. The number of benzene rings is 1. The Morgan fingerprint density at radius 1 is 1.08 bits per heavy atom. The van der Waals surface area contributed by atoms with Gasteiger partial charge in [-0.3, -0.25) is 4.98 Å². The lowest BCUT2D eigenvalue weighted by Gasteiger charge is -2.10. The fourth-order valence-electron chi connectivity index (χ4n) is 2.17. The van der Waals surface area contributed by atoms with Gasteiger partial charge in [0.15, 0.2) is 5.82 Å². The quantitative estimate of drug-likeness (QED) is 0.749. The van der Waals surface area contributed by atoms with Crippen LogP contribution >= 0.6 is 0 Å². The molecule has 0 radical (unpaired) electrons. The van der Waals surface area contributed by atoms with Crippen molar-refractivity contribution in [2.24, 2.45) is 0 Å². The van der Waals surface area contributed by atoms with Gasteiger partial charge in [0.2, 0.25) is 0 Å². The Bertz CT molecular complexity index is 811. The third kappa shape index (κ3) is 4.04. The van der Waals surface area contributed by atoms with Crippen molar-refractivity contribution in [3.63, 3.8) is 0 Å². The van der Waals surface area contributed by atoms with Crippen LogP contribution in [0.15, 0.2) is 54.7 Å². The molecule has 0 saturated carbocycles. The normalized spacial score (nSPS) is 10.4. The summed E-state index contributed by atoms with van der Waals surface area (Å²) < 4.78 is 18.8. The molecule has 3 aromatic rings. The van der Waals surface area contributed by atoms with Crippen molar-refractivity contribution >= 4 is 5.82 Å². The Morgan fingerprint density at radius 2 is 2.00 bits per heavy atom. The lowest BCUT2D eigenvalue weighted by atomic mass is 10.3. The van der Waals surface area contributed by atoms with Crippen LogP contribution in [-0.2, 0) is 6.61 Å². The van der Waals surface area contributed by atoms with E-state index in [2.05, 4.69) is 20.3 Å². The van der Waals surface area contributed by atoms with Crippen LogP contribution in [0, 0.1) is 5.82 Å². The summed E-state index contributed by atoms with van der Waals surface area (Å²) in [4.78, 5) is 13.2. The van der Waals surface area contributed by atoms with Crippen molar-refractivity contribution in [3.8, 4) is 17.3 Å². The van der Waals surface area contributed by atoms with Crippen molar-refractivity contribution in [3.05, 3.63) is 66.2 Å². The molecule has 0 unspecified atom stereocenters. The average molecular weight is 324 g/mol. The standard InChI is InChI=1S/C18H17FN4O/c1-2-20-17-11-14(12-24-15-7-5-6-13(19)10-15)22-18(23-17)16-8-3-4-9-21-16/h3-11H,2,12H2,1H3,(H,20,22,23). The molecule has 0 aliphatic heterocycles. The summed E-state index contributed by atoms with van der Waals surface area (Å²) in [6.07, 6.45) is 1.70. The van der Waals surface area contributed by atoms with Crippen molar-refractivity contribution < 1.29 is 9.13 Å². The summed E-state index contributed by atoms with van der Waals surface area (Å²) >= 11 is 0. The molecular weight excluding hydrogens is 307 g/mol. The number of hydrogen-bond acceptors (Lipinski definition) is 5. The van der Waals surface area contributed by atoms with E-state index in [9.17, 15) is 4.39 Å². The second kappa shape index (κ2) is 7.50. The molecule has 2 aromatic heterocycles. The van der Waals surface area contributed by atoms with Crippen LogP contribution in [0.3, 0.4) is 0 Å². The van der Waals surface area contributed by atoms with Gasteiger partial charge in [0.25, 0.3) is 0 Å². The fraction of sp³-hybridized carbons (Fsp3) is 0.167. The van der Waals surface area contributed by atoms with Crippen LogP contribution in [0.1, 0.15) is 12.6 Å². The number of halogens is 1. The molecule has 0 spiro atoms. The number of ether oxygens (including phenoxy) is 1. The van der Waals surface area contributed by atoms with Gasteiger partial charge in [-0.1, -0.05) is 12.1 Å². The zero-order valence-corrected chi connectivity index (χ0v) is 13.2. The summed E-state index contributed by atoms with van der Waals surface area (Å²) in [5, 5.41) is 3.17. The molecule has 1 N–H and O–H groups in total. The van der Waals surface area contributed by atoms with Crippen LogP contribution < -0.4 is 10.1 Å². The molecule has 5 nitrogen and oxygen atoms in total. The first-order valence-corrected chi connectivity index (χ1v) is 7.66. The minimum absolute atomic E-state index is 0.213. The third-order valence-corrected chi connectivity index (χ3v) is 3.21. The highest BCUT2D eigenvalue weighted by Crippen LogP contribution is 2.18. The van der Waals surface area contributed by atoms with Gasteiger partial charge in [0.1, 0.15) is 29.7 Å². The van der Waals surface area contributed by atoms with Gasteiger partial charge in [-0.25, -0.2) is 14.4 Å². The molecule has 0 fully saturated rings. The van der Waals surface area contributed by atoms with Crippen LogP contribution in [0.2, 0.25) is 0 Å². The van der Waals surface area contributed by atoms with E-state index in [1.54, 1.807) is 18.3 Å². The Labute approximate surface area is 139 Å². The van der Waals surface area contributed by atoms with Gasteiger partial charge in [0.05, 0.1) is 5.69 Å². The number of nitrogens with one attached hydrogen (secondary N) is 1. The van der Waals surface area contributed by atoms with Crippen molar-refractivity contribution in [2.45, 2.75) is 13.5 Å². The largest absolute Gasteiger partial charge is 0.487 e. The maximum Gasteiger partial charge on any atom is 0.180 e. The van der Waals surface area contributed by atoms with Crippen LogP contribution in [-0.4, -0.2) is 21.5 Å². The van der Waals surface area contributed by atoms with Crippen molar-refractivity contribution in [1.82, 2.24) is 15.0 Å². The Morgan fingerprint density at radius 3 is 2.75 bits per heavy atom. The number of rotatable bonds is 6. The molecule has 0 aliphatic carbocycles. The van der Waals surface area contributed by atoms with Crippen molar-refractivity contribution in [1.29, 1.82) is 0 Å². The first kappa shape index (κ1) is 15.9. The summed E-state index contributed by atoms with van der Waals surface area (Å²) in [6.45, 7) is 2.94. The molecule has 3 rings (SSSR count). The lowest BCUT2D eigenvalue weighted by molar-refractivity contribution is 0.300. The second-order valence-electron chi connectivity index (χ2n) is 5.06. The predicted molar refractivity (Wildman–Crippen MR) is 90.2 cm³/mol. The van der Waals surface area contributed by atoms with Crippen LogP contribution in [0.5, 0.6) is 5.75 Å². The summed E-state index contributed by atoms with van der Waals surface area (Å²) in [5.41, 5.74) is 1.37. The molecule has 6 heteroatoms. The first-order valence-electron chi connectivity index (χ1n) is 7.66. The van der Waals surface area contributed by atoms with E-state index in [1.807, 2.05) is 31.2 Å². The smallest absolute Gasteiger partial charge is 0.180 e. The summed E-state index contributed by atoms with van der Waals surface area (Å²) in [7, 11) is 0. The minimum atomic E-state index is -0.335. The molecule has 0 aliphatic rings. The Kier molecular flexibility index (Phi) is 4.96. The minimum Gasteiger partial charge on any atom is -0.487 e. The van der Waals surface area contributed by atoms with E-state index in [0.29, 0.717) is 28.8 Å². The Balaban J connectivity index is 1.85. The van der Waals surface area contributed by atoms with Crippen LogP contribution in [0.25, 0.3) is 11.5 Å². The average Bonchev–Trinajstić information content (AvgIpc) is 2.61. The molecule has 122 valence electrons. The van der Waals surface area contributed by atoms with E-state index in [0.717, 1.165) is 6.54 Å². The van der Waals surface area contributed by atoms with Gasteiger partial charge in [-0.05, 0) is 31.2 Å². The summed E-state index contributed by atoms with van der Waals surface area (Å²) in [5.74, 6) is 1.34. The predicted octanol–water partition coefficient (Wildman–Crippen LogP) is 3.69. The van der Waals surface area contributed by atoms with E-state index in [1.165, 1.54) is 12.1 Å². The monoisotopic (exact) mass is 324 g/mol. The molecule has 0 atom stereocenters. The van der Waals surface area contributed by atoms with E-state index in [-0.39, 0.29) is 12.4 Å². The highest BCUT2D eigenvalue weighted by Gasteiger charge is 2.08. The number of hydrogen-bond donors (Lipinski definition) is 1. The SMILES string of the molecule is CCNc1cc(COc2cccc(F)c2)nc(-c2ccccn2)n1. The van der Waals surface area contributed by atoms with Gasteiger partial charge in [0, 0.05) is 24.9 Å². The number of aromatic nitrogens is 3. The molecule has 0 bridgehead atoms. The summed E-state index contributed by atoms with van der Waals surface area (Å²) in [6, 6.07) is 13.4. The number of nitrogens with zero attached hydrogens (tertiary/aromatic N) is 3. The second-order valence-corrected chi connectivity index (χ2v) is 5.06. The molecule has 24 heavy (non-hydrogen) atoms. The molecule has 1 aromatic carbocycles. The van der Waals surface area contributed by atoms with E-state index < -0.39 is 0 Å². The maximum atomic E-state index is 13.2. The van der Waals surface area contributed by atoms with E-state index in [4.69, 9.17) is 4.74 Å². The highest BCUT2D eigenvalue weighted by molar-refractivity contribution is 5.52. The highest BCUT2D eigenvalue weighted by atomic mass is 19.1. The van der Waals surface area contributed by atoms with Gasteiger partial charge < -0.3 is 10.1 Å². The molecular formula is C18H17FN4O. The van der Waals surface area contributed by atoms with Crippen LogP contribution in [0.4, 0.5) is 10.2 Å². The third-order valence-electron chi connectivity index (χ3n) is 3.21. The van der Waals surface area contributed by atoms with Gasteiger partial charge in [-0.15, -0.1) is 0 Å². The van der Waals surface area contributed by atoms with E-state index >= 15 is 0 Å². The van der Waals surface area contributed by atoms with Gasteiger partial charge in [-0.2, -0.15) is 0 Å². The topological polar surface area (TPSA) is 59.9 Å². The number of pyridine rings is 1. The zero-order valence-electron chi connectivity index (χ0n) is 13.2. The molecule has 2 heterocycles. The molecule has 0 saturated heterocycles. The maximum absolute atomic E-state index is 13.2. The molecule has 0 amide bonds. The zero-order chi connectivity index (χ0) is 16.8. The van der Waals surface area contributed by atoms with Gasteiger partial charge >= 0.3 is 0 Å².